The van der Waals surface area contributed by atoms with Crippen LogP contribution in [0.15, 0.2) is 120 Å². The van der Waals surface area contributed by atoms with E-state index in [0.29, 0.717) is 0 Å². The lowest BCUT2D eigenvalue weighted by Crippen LogP contribution is -2.01. The molecule has 0 aliphatic rings. The maximum atomic E-state index is 6.27. The molecule has 0 atom stereocenters. The van der Waals surface area contributed by atoms with Crippen LogP contribution in [0.1, 0.15) is 5.82 Å². The molecule has 0 saturated heterocycles. The molecular formula is C34H22N2O. The van der Waals surface area contributed by atoms with Crippen molar-refractivity contribution in [1.82, 2.24) is 9.55 Å². The van der Waals surface area contributed by atoms with Gasteiger partial charge in [0.25, 0.3) is 0 Å². The second kappa shape index (κ2) is 7.55. The van der Waals surface area contributed by atoms with Gasteiger partial charge in [0.2, 0.25) is 0 Å². The number of hydrogen-bond acceptors (Lipinski definition) is 2. The van der Waals surface area contributed by atoms with Gasteiger partial charge in [-0.05, 0) is 53.1 Å². The van der Waals surface area contributed by atoms with Crippen LogP contribution in [-0.4, -0.2) is 9.55 Å². The summed E-state index contributed by atoms with van der Waals surface area (Å²) in [6.45, 7) is 2.09. The van der Waals surface area contributed by atoms with Gasteiger partial charge in [0, 0.05) is 21.5 Å². The van der Waals surface area contributed by atoms with Crippen LogP contribution in [0.5, 0.6) is 0 Å². The summed E-state index contributed by atoms with van der Waals surface area (Å²) < 4.78 is 8.59. The summed E-state index contributed by atoms with van der Waals surface area (Å²) in [6, 6.07) is 40.6. The van der Waals surface area contributed by atoms with Crippen LogP contribution >= 0.6 is 0 Å². The minimum absolute atomic E-state index is 0.910. The molecule has 2 aromatic heterocycles. The zero-order valence-corrected chi connectivity index (χ0v) is 20.3. The molecule has 0 radical (unpaired) electrons. The normalized spacial score (nSPS) is 11.9. The van der Waals surface area contributed by atoms with Gasteiger partial charge in [-0.25, -0.2) is 4.98 Å². The largest absolute Gasteiger partial charge is 0.456 e. The number of para-hydroxylation sites is 3. The van der Waals surface area contributed by atoms with Gasteiger partial charge in [-0.2, -0.15) is 0 Å². The molecular weight excluding hydrogens is 452 g/mol. The third kappa shape index (κ3) is 2.80. The van der Waals surface area contributed by atoms with E-state index < -0.39 is 0 Å². The zero-order valence-electron chi connectivity index (χ0n) is 20.3. The van der Waals surface area contributed by atoms with E-state index >= 15 is 0 Å². The number of nitrogens with zero attached hydrogens (tertiary/aromatic N) is 2. The Bertz CT molecular complexity index is 2110. The summed E-state index contributed by atoms with van der Waals surface area (Å²) in [5.74, 6) is 0.979. The van der Waals surface area contributed by atoms with Gasteiger partial charge in [-0.1, -0.05) is 91.0 Å². The first-order valence-electron chi connectivity index (χ1n) is 12.6. The van der Waals surface area contributed by atoms with Crippen molar-refractivity contribution in [3.63, 3.8) is 0 Å². The Hall–Kier alpha value is -4.89. The topological polar surface area (TPSA) is 31.0 Å². The first-order chi connectivity index (χ1) is 18.3. The van der Waals surface area contributed by atoms with E-state index in [0.717, 1.165) is 38.8 Å². The molecule has 37 heavy (non-hydrogen) atoms. The van der Waals surface area contributed by atoms with E-state index in [-0.39, 0.29) is 0 Å². The smallest absolute Gasteiger partial charge is 0.136 e. The SMILES string of the molecule is Cc1nc2ccccc2n1-c1c2ccccc2c(-c2cccc3oc4ccccc4c23)c2ccccc12. The quantitative estimate of drug-likeness (QED) is 0.234. The molecule has 8 aromatic rings. The van der Waals surface area contributed by atoms with Gasteiger partial charge in [0.05, 0.1) is 16.7 Å². The highest BCUT2D eigenvalue weighted by molar-refractivity contribution is 6.24. The average molecular weight is 475 g/mol. The van der Waals surface area contributed by atoms with Gasteiger partial charge in [-0.3, -0.25) is 4.57 Å². The lowest BCUT2D eigenvalue weighted by molar-refractivity contribution is 0.669. The number of furan rings is 1. The highest BCUT2D eigenvalue weighted by atomic mass is 16.3. The minimum Gasteiger partial charge on any atom is -0.456 e. The summed E-state index contributed by atoms with van der Waals surface area (Å²) in [5, 5.41) is 7.13. The standard InChI is InChI=1S/C34H22N2O/c1-21-35-28-17-7-8-18-29(28)36(21)34-24-13-4-2-11-22(24)32(23-12-3-5-14-25(23)34)27-16-10-20-31-33(27)26-15-6-9-19-30(26)37-31/h2-20H,1H3. The molecule has 0 aliphatic carbocycles. The summed E-state index contributed by atoms with van der Waals surface area (Å²) in [6.07, 6.45) is 0. The molecule has 2 heterocycles. The fraction of sp³-hybridized carbons (Fsp3) is 0.0294. The van der Waals surface area contributed by atoms with Crippen molar-refractivity contribution in [2.45, 2.75) is 6.92 Å². The molecule has 174 valence electrons. The molecule has 0 amide bonds. The summed E-state index contributed by atoms with van der Waals surface area (Å²) in [7, 11) is 0. The number of aryl methyl sites for hydroxylation is 1. The molecule has 3 nitrogen and oxygen atoms in total. The van der Waals surface area contributed by atoms with E-state index in [9.17, 15) is 0 Å². The van der Waals surface area contributed by atoms with E-state index in [2.05, 4.69) is 109 Å². The van der Waals surface area contributed by atoms with E-state index in [1.165, 1.54) is 38.4 Å². The van der Waals surface area contributed by atoms with Crippen LogP contribution < -0.4 is 0 Å². The summed E-state index contributed by atoms with van der Waals surface area (Å²) in [4.78, 5) is 4.90. The van der Waals surface area contributed by atoms with Crippen LogP contribution in [0, 0.1) is 6.92 Å². The predicted molar refractivity (Wildman–Crippen MR) is 154 cm³/mol. The molecule has 0 bridgehead atoms. The Morgan fingerprint density at radius 3 is 1.92 bits per heavy atom. The third-order valence-corrected chi connectivity index (χ3v) is 7.53. The van der Waals surface area contributed by atoms with Gasteiger partial charge in [-0.15, -0.1) is 0 Å². The Balaban J connectivity index is 1.60. The highest BCUT2D eigenvalue weighted by Gasteiger charge is 2.21. The molecule has 0 unspecified atom stereocenters. The Morgan fingerprint density at radius 2 is 1.16 bits per heavy atom. The molecule has 0 saturated carbocycles. The van der Waals surface area contributed by atoms with Crippen molar-refractivity contribution >= 4 is 54.5 Å². The molecule has 6 aromatic carbocycles. The molecule has 8 rings (SSSR count). The zero-order chi connectivity index (χ0) is 24.5. The van der Waals surface area contributed by atoms with Crippen molar-refractivity contribution < 1.29 is 4.42 Å². The molecule has 0 fully saturated rings. The maximum Gasteiger partial charge on any atom is 0.136 e. The number of rotatable bonds is 2. The van der Waals surface area contributed by atoms with Crippen LogP contribution in [0.25, 0.3) is 71.3 Å². The second-order valence-electron chi connectivity index (χ2n) is 9.57. The lowest BCUT2D eigenvalue weighted by Gasteiger charge is -2.19. The van der Waals surface area contributed by atoms with Crippen molar-refractivity contribution in [3.8, 4) is 16.8 Å². The average Bonchev–Trinajstić information content (AvgIpc) is 3.48. The Labute approximate surface area is 213 Å². The first kappa shape index (κ1) is 20.3. The fourth-order valence-electron chi connectivity index (χ4n) is 6.05. The van der Waals surface area contributed by atoms with E-state index in [1.807, 2.05) is 18.2 Å². The highest BCUT2D eigenvalue weighted by Crippen LogP contribution is 2.45. The number of benzene rings is 6. The summed E-state index contributed by atoms with van der Waals surface area (Å²) in [5.41, 5.74) is 7.54. The number of aromatic nitrogens is 2. The number of imidazole rings is 1. The van der Waals surface area contributed by atoms with Crippen molar-refractivity contribution in [1.29, 1.82) is 0 Å². The fourth-order valence-corrected chi connectivity index (χ4v) is 6.05. The Kier molecular flexibility index (Phi) is 4.15. The third-order valence-electron chi connectivity index (χ3n) is 7.53. The van der Waals surface area contributed by atoms with Crippen molar-refractivity contribution in [2.24, 2.45) is 0 Å². The van der Waals surface area contributed by atoms with Crippen LogP contribution in [-0.2, 0) is 0 Å². The predicted octanol–water partition coefficient (Wildman–Crippen LogP) is 9.21. The minimum atomic E-state index is 0.910. The molecule has 0 N–H and O–H groups in total. The Morgan fingerprint density at radius 1 is 0.568 bits per heavy atom. The van der Waals surface area contributed by atoms with Gasteiger partial charge in [0.15, 0.2) is 0 Å². The molecule has 0 spiro atoms. The van der Waals surface area contributed by atoms with Crippen molar-refractivity contribution in [2.75, 3.05) is 0 Å². The maximum absolute atomic E-state index is 6.27. The van der Waals surface area contributed by atoms with Crippen LogP contribution in [0.3, 0.4) is 0 Å². The van der Waals surface area contributed by atoms with E-state index in [4.69, 9.17) is 9.40 Å². The van der Waals surface area contributed by atoms with Crippen LogP contribution in [0.4, 0.5) is 0 Å². The van der Waals surface area contributed by atoms with E-state index in [1.54, 1.807) is 0 Å². The second-order valence-corrected chi connectivity index (χ2v) is 9.57. The number of hydrogen-bond donors (Lipinski definition) is 0. The van der Waals surface area contributed by atoms with Gasteiger partial charge in [0.1, 0.15) is 17.0 Å². The molecule has 0 aliphatic heterocycles. The van der Waals surface area contributed by atoms with Crippen LogP contribution in [0.2, 0.25) is 0 Å². The van der Waals surface area contributed by atoms with Gasteiger partial charge < -0.3 is 4.42 Å². The van der Waals surface area contributed by atoms with Crippen molar-refractivity contribution in [3.05, 3.63) is 121 Å². The van der Waals surface area contributed by atoms with Gasteiger partial charge >= 0.3 is 0 Å². The lowest BCUT2D eigenvalue weighted by atomic mass is 9.88. The summed E-state index contributed by atoms with van der Waals surface area (Å²) >= 11 is 0. The monoisotopic (exact) mass is 474 g/mol. The first-order valence-corrected chi connectivity index (χ1v) is 12.6. The molecule has 3 heteroatoms. The number of fused-ring (bicyclic) bond motifs is 6.